The molecule has 0 heterocycles. The van der Waals surface area contributed by atoms with Gasteiger partial charge in [0.1, 0.15) is 0 Å². The molecule has 0 radical (unpaired) electrons. The normalized spacial score (nSPS) is 13.1. The smallest absolute Gasteiger partial charge is 0.0791 e. The highest BCUT2D eigenvalue weighted by molar-refractivity contribution is 9.10. The molecule has 1 unspecified atom stereocenters. The summed E-state index contributed by atoms with van der Waals surface area (Å²) in [5, 5.41) is 12.9. The zero-order chi connectivity index (χ0) is 12.0. The first-order valence-corrected chi connectivity index (χ1v) is 6.15. The Bertz CT molecular complexity index is 300. The van der Waals surface area contributed by atoms with Gasteiger partial charge in [-0.25, -0.2) is 0 Å². The summed E-state index contributed by atoms with van der Waals surface area (Å²) >= 11 is 3.40. The summed E-state index contributed by atoms with van der Waals surface area (Å²) < 4.78 is 1.09. The Labute approximate surface area is 106 Å². The van der Waals surface area contributed by atoms with Crippen molar-refractivity contribution < 1.29 is 5.11 Å². The van der Waals surface area contributed by atoms with Crippen LogP contribution < -0.4 is 5.32 Å². The Morgan fingerprint density at radius 3 is 2.50 bits per heavy atom. The number of halogens is 1. The zero-order valence-corrected chi connectivity index (χ0v) is 11.4. The highest BCUT2D eigenvalue weighted by Crippen LogP contribution is 2.10. The van der Waals surface area contributed by atoms with Crippen LogP contribution in [0, 0.1) is 0 Å². The largest absolute Gasteiger partial charge is 0.390 e. The predicted molar refractivity (Wildman–Crippen MR) is 70.4 cm³/mol. The topological polar surface area (TPSA) is 35.5 Å². The van der Waals surface area contributed by atoms with E-state index >= 15 is 0 Å². The minimum Gasteiger partial charge on any atom is -0.390 e. The van der Waals surface area contributed by atoms with Gasteiger partial charge in [-0.1, -0.05) is 28.1 Å². The van der Waals surface area contributed by atoms with Crippen LogP contribution in [0.2, 0.25) is 0 Å². The van der Waals surface area contributed by atoms with Gasteiger partial charge in [-0.2, -0.15) is 0 Å². The second-order valence-corrected chi connectivity index (χ2v) is 5.09. The Balaban J connectivity index is 2.22. The number of likely N-dealkylation sites (N-methyl/N-ethyl adjacent to an activating group) is 1. The molecule has 0 aliphatic carbocycles. The first-order valence-electron chi connectivity index (χ1n) is 5.36. The van der Waals surface area contributed by atoms with Gasteiger partial charge in [0.05, 0.1) is 6.10 Å². The molecule has 0 bridgehead atoms. The molecule has 90 valence electrons. The molecule has 0 aromatic heterocycles. The molecule has 0 saturated heterocycles. The van der Waals surface area contributed by atoms with Crippen molar-refractivity contribution in [3.63, 3.8) is 0 Å². The zero-order valence-electron chi connectivity index (χ0n) is 9.78. The molecule has 0 amide bonds. The molecule has 0 aliphatic rings. The van der Waals surface area contributed by atoms with E-state index in [9.17, 15) is 5.11 Å². The van der Waals surface area contributed by atoms with E-state index in [1.54, 1.807) is 0 Å². The monoisotopic (exact) mass is 286 g/mol. The van der Waals surface area contributed by atoms with Gasteiger partial charge in [-0.3, -0.25) is 0 Å². The van der Waals surface area contributed by atoms with Crippen LogP contribution in [0.25, 0.3) is 0 Å². The third-order valence-corrected chi connectivity index (χ3v) is 2.73. The lowest BCUT2D eigenvalue weighted by Gasteiger charge is -2.16. The highest BCUT2D eigenvalue weighted by atomic mass is 79.9. The quantitative estimate of drug-likeness (QED) is 0.831. The molecule has 0 aliphatic heterocycles. The van der Waals surface area contributed by atoms with E-state index < -0.39 is 0 Å². The van der Waals surface area contributed by atoms with Gasteiger partial charge >= 0.3 is 0 Å². The fourth-order valence-electron chi connectivity index (χ4n) is 1.47. The number of aliphatic hydroxyl groups excluding tert-OH is 1. The van der Waals surface area contributed by atoms with E-state index in [0.717, 1.165) is 11.0 Å². The molecule has 1 atom stereocenters. The molecule has 0 fully saturated rings. The molecule has 4 heteroatoms. The number of hydrogen-bond donors (Lipinski definition) is 2. The Hall–Kier alpha value is -0.420. The van der Waals surface area contributed by atoms with Crippen molar-refractivity contribution >= 4 is 15.9 Å². The molecule has 2 N–H and O–H groups in total. The maximum atomic E-state index is 9.63. The van der Waals surface area contributed by atoms with Gasteiger partial charge in [-0.05, 0) is 31.8 Å². The van der Waals surface area contributed by atoms with Crippen molar-refractivity contribution in [1.82, 2.24) is 10.2 Å². The minimum atomic E-state index is -0.314. The molecule has 0 spiro atoms. The maximum Gasteiger partial charge on any atom is 0.0791 e. The molecule has 0 saturated carbocycles. The van der Waals surface area contributed by atoms with E-state index in [1.807, 2.05) is 31.1 Å². The molecular formula is C12H19BrN2O. The fraction of sp³-hybridized carbons (Fsp3) is 0.500. The standard InChI is InChI=1S/C12H19BrN2O/c1-15(2)9-12(16)8-14-7-10-3-5-11(13)6-4-10/h3-6,12,14,16H,7-9H2,1-2H3. The van der Waals surface area contributed by atoms with Gasteiger partial charge in [-0.15, -0.1) is 0 Å². The highest BCUT2D eigenvalue weighted by Gasteiger charge is 2.04. The molecule has 1 rings (SSSR count). The summed E-state index contributed by atoms with van der Waals surface area (Å²) in [5.41, 5.74) is 1.22. The lowest BCUT2D eigenvalue weighted by Crippen LogP contribution is -2.34. The summed E-state index contributed by atoms with van der Waals surface area (Å²) in [5.74, 6) is 0. The van der Waals surface area contributed by atoms with Crippen LogP contribution in [0.15, 0.2) is 28.7 Å². The van der Waals surface area contributed by atoms with E-state index in [4.69, 9.17) is 0 Å². The Kier molecular flexibility index (Phi) is 5.98. The van der Waals surface area contributed by atoms with Crippen molar-refractivity contribution in [2.24, 2.45) is 0 Å². The average molecular weight is 287 g/mol. The number of nitrogens with zero attached hydrogens (tertiary/aromatic N) is 1. The average Bonchev–Trinajstić information content (AvgIpc) is 2.20. The van der Waals surface area contributed by atoms with Gasteiger partial charge in [0.2, 0.25) is 0 Å². The van der Waals surface area contributed by atoms with Crippen molar-refractivity contribution in [3.05, 3.63) is 34.3 Å². The summed E-state index contributed by atoms with van der Waals surface area (Å²) in [6.07, 6.45) is -0.314. The number of rotatable bonds is 6. The minimum absolute atomic E-state index is 0.314. The van der Waals surface area contributed by atoms with Crippen LogP contribution in [0.4, 0.5) is 0 Å². The number of hydrogen-bond acceptors (Lipinski definition) is 3. The van der Waals surface area contributed by atoms with Crippen molar-refractivity contribution in [1.29, 1.82) is 0 Å². The summed E-state index contributed by atoms with van der Waals surface area (Å²) in [6.45, 7) is 2.10. The van der Waals surface area contributed by atoms with Crippen LogP contribution in [0.3, 0.4) is 0 Å². The van der Waals surface area contributed by atoms with Crippen LogP contribution in [0.5, 0.6) is 0 Å². The second-order valence-electron chi connectivity index (χ2n) is 4.17. The van der Waals surface area contributed by atoms with Crippen molar-refractivity contribution in [2.75, 3.05) is 27.2 Å². The Morgan fingerprint density at radius 2 is 1.94 bits per heavy atom. The van der Waals surface area contributed by atoms with Crippen molar-refractivity contribution in [2.45, 2.75) is 12.6 Å². The fourth-order valence-corrected chi connectivity index (χ4v) is 1.74. The molecular weight excluding hydrogens is 268 g/mol. The molecule has 1 aromatic rings. The predicted octanol–water partition coefficient (Wildman–Crippen LogP) is 1.46. The number of aliphatic hydroxyl groups is 1. The first kappa shape index (κ1) is 13.6. The molecule has 3 nitrogen and oxygen atoms in total. The van der Waals surface area contributed by atoms with Gasteiger partial charge in [0.25, 0.3) is 0 Å². The van der Waals surface area contributed by atoms with Crippen LogP contribution in [0.1, 0.15) is 5.56 Å². The van der Waals surface area contributed by atoms with Gasteiger partial charge < -0.3 is 15.3 Å². The first-order chi connectivity index (χ1) is 7.58. The summed E-state index contributed by atoms with van der Waals surface area (Å²) in [4.78, 5) is 1.98. The van der Waals surface area contributed by atoms with Gasteiger partial charge in [0.15, 0.2) is 0 Å². The van der Waals surface area contributed by atoms with Crippen LogP contribution >= 0.6 is 15.9 Å². The van der Waals surface area contributed by atoms with E-state index in [1.165, 1.54) is 5.56 Å². The summed E-state index contributed by atoms with van der Waals surface area (Å²) in [6, 6.07) is 8.17. The Morgan fingerprint density at radius 1 is 1.31 bits per heavy atom. The van der Waals surface area contributed by atoms with E-state index in [0.29, 0.717) is 13.1 Å². The maximum absolute atomic E-state index is 9.63. The van der Waals surface area contributed by atoms with Crippen LogP contribution in [-0.4, -0.2) is 43.3 Å². The lowest BCUT2D eigenvalue weighted by molar-refractivity contribution is 0.134. The lowest BCUT2D eigenvalue weighted by atomic mass is 10.2. The molecule has 16 heavy (non-hydrogen) atoms. The summed E-state index contributed by atoms with van der Waals surface area (Å²) in [7, 11) is 3.91. The number of nitrogens with one attached hydrogen (secondary N) is 1. The third kappa shape index (κ3) is 5.61. The number of benzene rings is 1. The van der Waals surface area contributed by atoms with Crippen LogP contribution in [-0.2, 0) is 6.54 Å². The second kappa shape index (κ2) is 7.01. The van der Waals surface area contributed by atoms with Gasteiger partial charge in [0, 0.05) is 24.1 Å². The van der Waals surface area contributed by atoms with E-state index in [-0.39, 0.29) is 6.10 Å². The third-order valence-electron chi connectivity index (χ3n) is 2.20. The molecule has 1 aromatic carbocycles. The van der Waals surface area contributed by atoms with Crippen molar-refractivity contribution in [3.8, 4) is 0 Å². The SMILES string of the molecule is CN(C)CC(O)CNCc1ccc(Br)cc1. The van der Waals surface area contributed by atoms with E-state index in [2.05, 4.69) is 33.4 Å².